The topological polar surface area (TPSA) is 44.5 Å². The van der Waals surface area contributed by atoms with Gasteiger partial charge in [0, 0.05) is 11.6 Å². The van der Waals surface area contributed by atoms with Crippen LogP contribution in [0, 0.1) is 5.92 Å². The van der Waals surface area contributed by atoms with Crippen LogP contribution in [0.25, 0.3) is 0 Å². The molecule has 0 spiro atoms. The van der Waals surface area contributed by atoms with E-state index in [1.54, 1.807) is 14.2 Å². The van der Waals surface area contributed by atoms with Crippen molar-refractivity contribution in [3.05, 3.63) is 22.2 Å². The normalized spacial score (nSPS) is 18.7. The number of benzene rings is 1. The fraction of sp³-hybridized carbons (Fsp3) is 0.647. The molecule has 2 N–H and O–H groups in total. The van der Waals surface area contributed by atoms with Gasteiger partial charge in [-0.15, -0.1) is 0 Å². The van der Waals surface area contributed by atoms with E-state index in [0.29, 0.717) is 5.92 Å². The third kappa shape index (κ3) is 3.92. The highest BCUT2D eigenvalue weighted by Gasteiger charge is 2.25. The number of nitrogens with two attached hydrogens (primary N) is 1. The van der Waals surface area contributed by atoms with Crippen molar-refractivity contribution in [2.24, 2.45) is 11.7 Å². The molecule has 1 unspecified atom stereocenters. The van der Waals surface area contributed by atoms with Gasteiger partial charge in [0.25, 0.3) is 0 Å². The highest BCUT2D eigenvalue weighted by atomic mass is 79.9. The number of hydrogen-bond donors (Lipinski definition) is 1. The zero-order chi connectivity index (χ0) is 15.2. The molecule has 1 saturated carbocycles. The van der Waals surface area contributed by atoms with E-state index < -0.39 is 0 Å². The zero-order valence-corrected chi connectivity index (χ0v) is 14.6. The molecule has 1 aliphatic carbocycles. The molecule has 0 aromatic heterocycles. The lowest BCUT2D eigenvalue weighted by atomic mass is 9.83. The second-order valence-corrected chi connectivity index (χ2v) is 6.63. The third-order valence-electron chi connectivity index (χ3n) is 4.53. The number of halogens is 1. The highest BCUT2D eigenvalue weighted by molar-refractivity contribution is 9.10. The molecular formula is C17H26BrNO2. The molecular weight excluding hydrogens is 330 g/mol. The van der Waals surface area contributed by atoms with Crippen LogP contribution >= 0.6 is 15.9 Å². The molecule has 0 aliphatic heterocycles. The molecule has 2 rings (SSSR count). The SMILES string of the molecule is COc1ccc(C(N)C2CCCCCCC2)c(OC)c1Br. The van der Waals surface area contributed by atoms with Gasteiger partial charge in [-0.05, 0) is 46.8 Å². The lowest BCUT2D eigenvalue weighted by Gasteiger charge is -2.27. The Morgan fingerprint density at radius 3 is 2.24 bits per heavy atom. The van der Waals surface area contributed by atoms with Gasteiger partial charge in [-0.1, -0.05) is 32.1 Å². The van der Waals surface area contributed by atoms with Crippen LogP contribution in [-0.4, -0.2) is 14.2 Å². The molecule has 0 heterocycles. The second-order valence-electron chi connectivity index (χ2n) is 5.84. The maximum atomic E-state index is 6.59. The molecule has 0 amide bonds. The minimum absolute atomic E-state index is 0.0280. The van der Waals surface area contributed by atoms with Crippen LogP contribution < -0.4 is 15.2 Å². The Morgan fingerprint density at radius 1 is 1.05 bits per heavy atom. The number of hydrogen-bond acceptors (Lipinski definition) is 3. The summed E-state index contributed by atoms with van der Waals surface area (Å²) in [5.74, 6) is 2.13. The first-order valence-corrected chi connectivity index (χ1v) is 8.64. The van der Waals surface area contributed by atoms with Crippen molar-refractivity contribution < 1.29 is 9.47 Å². The average Bonchev–Trinajstić information content (AvgIpc) is 2.46. The van der Waals surface area contributed by atoms with E-state index in [1.165, 1.54) is 44.9 Å². The lowest BCUT2D eigenvalue weighted by Crippen LogP contribution is -2.23. The maximum Gasteiger partial charge on any atom is 0.141 e. The van der Waals surface area contributed by atoms with E-state index in [-0.39, 0.29) is 6.04 Å². The first-order chi connectivity index (χ1) is 10.2. The van der Waals surface area contributed by atoms with Gasteiger partial charge in [0.2, 0.25) is 0 Å². The van der Waals surface area contributed by atoms with Gasteiger partial charge >= 0.3 is 0 Å². The zero-order valence-electron chi connectivity index (χ0n) is 13.0. The second kappa shape index (κ2) is 8.04. The molecule has 1 aromatic rings. The quantitative estimate of drug-likeness (QED) is 0.841. The molecule has 118 valence electrons. The largest absolute Gasteiger partial charge is 0.495 e. The minimum Gasteiger partial charge on any atom is -0.495 e. The smallest absolute Gasteiger partial charge is 0.141 e. The molecule has 1 atom stereocenters. The van der Waals surface area contributed by atoms with Crippen molar-refractivity contribution in [2.75, 3.05) is 14.2 Å². The summed E-state index contributed by atoms with van der Waals surface area (Å²) in [6.07, 6.45) is 9.07. The van der Waals surface area contributed by atoms with Crippen LogP contribution in [0.1, 0.15) is 56.6 Å². The van der Waals surface area contributed by atoms with Crippen LogP contribution in [0.2, 0.25) is 0 Å². The molecule has 0 saturated heterocycles. The minimum atomic E-state index is 0.0280. The molecule has 0 radical (unpaired) electrons. The first-order valence-electron chi connectivity index (χ1n) is 7.85. The number of methoxy groups -OCH3 is 2. The molecule has 21 heavy (non-hydrogen) atoms. The number of ether oxygens (including phenoxy) is 2. The van der Waals surface area contributed by atoms with Gasteiger partial charge in [0.1, 0.15) is 16.0 Å². The maximum absolute atomic E-state index is 6.59. The molecule has 0 bridgehead atoms. The van der Waals surface area contributed by atoms with Crippen molar-refractivity contribution in [3.8, 4) is 11.5 Å². The summed E-state index contributed by atoms with van der Waals surface area (Å²) in [6, 6.07) is 4.04. The van der Waals surface area contributed by atoms with Crippen LogP contribution in [0.5, 0.6) is 11.5 Å². The van der Waals surface area contributed by atoms with Crippen molar-refractivity contribution >= 4 is 15.9 Å². The van der Waals surface area contributed by atoms with E-state index >= 15 is 0 Å². The van der Waals surface area contributed by atoms with Crippen LogP contribution in [0.3, 0.4) is 0 Å². The predicted octanol–water partition coefficient (Wildman–Crippen LogP) is 4.83. The van der Waals surface area contributed by atoms with Crippen molar-refractivity contribution in [3.63, 3.8) is 0 Å². The van der Waals surface area contributed by atoms with Gasteiger partial charge in [0.05, 0.1) is 14.2 Å². The lowest BCUT2D eigenvalue weighted by molar-refractivity contribution is 0.317. The Bertz CT molecular complexity index is 456. The Labute approximate surface area is 136 Å². The molecule has 1 aromatic carbocycles. The van der Waals surface area contributed by atoms with E-state index in [4.69, 9.17) is 15.2 Å². The van der Waals surface area contributed by atoms with Gasteiger partial charge in [0.15, 0.2) is 0 Å². The van der Waals surface area contributed by atoms with Gasteiger partial charge < -0.3 is 15.2 Å². The molecule has 1 aliphatic rings. The Hall–Kier alpha value is -0.740. The summed E-state index contributed by atoms with van der Waals surface area (Å²) in [5.41, 5.74) is 7.66. The molecule has 4 heteroatoms. The van der Waals surface area contributed by atoms with E-state index in [2.05, 4.69) is 15.9 Å². The fourth-order valence-electron chi connectivity index (χ4n) is 3.28. The van der Waals surface area contributed by atoms with Crippen LogP contribution in [0.4, 0.5) is 0 Å². The molecule has 3 nitrogen and oxygen atoms in total. The Morgan fingerprint density at radius 2 is 1.67 bits per heavy atom. The Kier molecular flexibility index (Phi) is 6.37. The first kappa shape index (κ1) is 16.6. The monoisotopic (exact) mass is 355 g/mol. The summed E-state index contributed by atoms with van der Waals surface area (Å²) in [5, 5.41) is 0. The van der Waals surface area contributed by atoms with E-state index in [9.17, 15) is 0 Å². The summed E-state index contributed by atoms with van der Waals surface area (Å²) in [6.45, 7) is 0. The van der Waals surface area contributed by atoms with Crippen molar-refractivity contribution in [1.82, 2.24) is 0 Å². The van der Waals surface area contributed by atoms with Gasteiger partial charge in [-0.25, -0.2) is 0 Å². The van der Waals surface area contributed by atoms with Gasteiger partial charge in [-0.3, -0.25) is 0 Å². The summed E-state index contributed by atoms with van der Waals surface area (Å²) < 4.78 is 11.8. The van der Waals surface area contributed by atoms with E-state index in [0.717, 1.165) is 21.5 Å². The summed E-state index contributed by atoms with van der Waals surface area (Å²) >= 11 is 3.57. The standard InChI is InChI=1S/C17H26BrNO2/c1-20-14-11-10-13(17(21-2)15(14)18)16(19)12-8-6-4-3-5-7-9-12/h10-12,16H,3-9,19H2,1-2H3. The fourth-order valence-corrected chi connectivity index (χ4v) is 3.97. The predicted molar refractivity (Wildman–Crippen MR) is 90.0 cm³/mol. The molecule has 1 fully saturated rings. The van der Waals surface area contributed by atoms with Crippen molar-refractivity contribution in [1.29, 1.82) is 0 Å². The van der Waals surface area contributed by atoms with Crippen LogP contribution in [0.15, 0.2) is 16.6 Å². The highest BCUT2D eigenvalue weighted by Crippen LogP contribution is 2.42. The third-order valence-corrected chi connectivity index (χ3v) is 5.28. The Balaban J connectivity index is 2.24. The van der Waals surface area contributed by atoms with E-state index in [1.807, 2.05) is 12.1 Å². The summed E-state index contributed by atoms with van der Waals surface area (Å²) in [4.78, 5) is 0. The summed E-state index contributed by atoms with van der Waals surface area (Å²) in [7, 11) is 3.35. The van der Waals surface area contributed by atoms with Crippen molar-refractivity contribution in [2.45, 2.75) is 51.0 Å². The van der Waals surface area contributed by atoms with Gasteiger partial charge in [-0.2, -0.15) is 0 Å². The average molecular weight is 356 g/mol. The van der Waals surface area contributed by atoms with Crippen LogP contribution in [-0.2, 0) is 0 Å². The number of rotatable bonds is 4.